The summed E-state index contributed by atoms with van der Waals surface area (Å²) in [6.07, 6.45) is 2.37. The zero-order valence-electron chi connectivity index (χ0n) is 13.2. The predicted octanol–water partition coefficient (Wildman–Crippen LogP) is 3.93. The van der Waals surface area contributed by atoms with Gasteiger partial charge in [0.05, 0.1) is 9.89 Å². The molecule has 1 aliphatic rings. The first-order valence-corrected chi connectivity index (χ1v) is 10.7. The minimum Gasteiger partial charge on any atom is -0.381 e. The summed E-state index contributed by atoms with van der Waals surface area (Å²) >= 11 is 4.47. The molecule has 2 aromatic rings. The van der Waals surface area contributed by atoms with Crippen LogP contribution in [0.25, 0.3) is 0 Å². The minimum absolute atomic E-state index is 0.292. The van der Waals surface area contributed by atoms with Crippen molar-refractivity contribution in [1.82, 2.24) is 0 Å². The van der Waals surface area contributed by atoms with E-state index >= 15 is 0 Å². The maximum Gasteiger partial charge on any atom is 0.271 e. The van der Waals surface area contributed by atoms with Crippen LogP contribution in [0.15, 0.2) is 44.4 Å². The third kappa shape index (κ3) is 4.11. The lowest BCUT2D eigenvalue weighted by Gasteiger charge is -2.33. The highest BCUT2D eigenvalue weighted by Gasteiger charge is 2.20. The monoisotopic (exact) mass is 430 g/mol. The second-order valence-electron chi connectivity index (χ2n) is 5.63. The molecule has 8 heteroatoms. The van der Waals surface area contributed by atoms with Crippen molar-refractivity contribution in [2.75, 3.05) is 29.8 Å². The molecule has 0 bridgehead atoms. The molecule has 1 saturated heterocycles. The molecular formula is C16H19BrN2O3S2. The van der Waals surface area contributed by atoms with Crippen LogP contribution in [0.3, 0.4) is 0 Å². The van der Waals surface area contributed by atoms with E-state index in [1.54, 1.807) is 31.4 Å². The molecule has 0 saturated carbocycles. The molecule has 1 aromatic heterocycles. The van der Waals surface area contributed by atoms with Crippen molar-refractivity contribution < 1.29 is 13.2 Å². The minimum atomic E-state index is -3.53. The number of hydrogen-bond donors (Lipinski definition) is 1. The molecule has 0 unspecified atom stereocenters. The highest BCUT2D eigenvalue weighted by Crippen LogP contribution is 2.28. The summed E-state index contributed by atoms with van der Waals surface area (Å²) < 4.78 is 33.7. The van der Waals surface area contributed by atoms with Gasteiger partial charge in [0.1, 0.15) is 4.21 Å². The summed E-state index contributed by atoms with van der Waals surface area (Å²) in [5.74, 6) is 0. The highest BCUT2D eigenvalue weighted by molar-refractivity contribution is 9.11. The Morgan fingerprint density at radius 3 is 2.38 bits per heavy atom. The van der Waals surface area contributed by atoms with Crippen LogP contribution in [0.5, 0.6) is 0 Å². The van der Waals surface area contributed by atoms with Crippen LogP contribution < -0.4 is 9.62 Å². The van der Waals surface area contributed by atoms with Crippen molar-refractivity contribution in [3.05, 3.63) is 40.2 Å². The summed E-state index contributed by atoms with van der Waals surface area (Å²) in [5, 5.41) is 0. The summed E-state index contributed by atoms with van der Waals surface area (Å²) in [4.78, 5) is 2.30. The molecule has 0 amide bonds. The Morgan fingerprint density at radius 2 is 1.83 bits per heavy atom. The number of nitrogens with zero attached hydrogens (tertiary/aromatic N) is 1. The van der Waals surface area contributed by atoms with Gasteiger partial charge in [-0.1, -0.05) is 0 Å². The number of rotatable bonds is 5. The Balaban J connectivity index is 1.67. The number of ether oxygens (including phenoxy) is 1. The lowest BCUT2D eigenvalue weighted by Crippen LogP contribution is -2.36. The fourth-order valence-corrected chi connectivity index (χ4v) is 5.81. The van der Waals surface area contributed by atoms with E-state index in [0.717, 1.165) is 35.4 Å². The maximum atomic E-state index is 12.3. The number of nitrogens with one attached hydrogen (secondary N) is 1. The summed E-state index contributed by atoms with van der Waals surface area (Å²) in [7, 11) is -1.78. The predicted molar refractivity (Wildman–Crippen MR) is 102 cm³/mol. The highest BCUT2D eigenvalue weighted by atomic mass is 79.9. The second kappa shape index (κ2) is 7.43. The molecule has 2 heterocycles. The zero-order chi connectivity index (χ0) is 17.2. The Labute approximate surface area is 154 Å². The number of benzene rings is 1. The van der Waals surface area contributed by atoms with Crippen LogP contribution >= 0.6 is 27.3 Å². The number of thiophene rings is 1. The third-order valence-corrected chi connectivity index (χ3v) is 7.57. The van der Waals surface area contributed by atoms with Gasteiger partial charge in [-0.05, 0) is 65.2 Å². The van der Waals surface area contributed by atoms with Crippen molar-refractivity contribution in [3.63, 3.8) is 0 Å². The van der Waals surface area contributed by atoms with Gasteiger partial charge in [-0.15, -0.1) is 11.3 Å². The molecular weight excluding hydrogens is 412 g/mol. The number of piperidine rings is 1. The topological polar surface area (TPSA) is 58.6 Å². The Kier molecular flexibility index (Phi) is 5.49. The van der Waals surface area contributed by atoms with Crippen LogP contribution in [-0.2, 0) is 14.8 Å². The van der Waals surface area contributed by atoms with Crippen LogP contribution in [-0.4, -0.2) is 34.7 Å². The molecule has 1 aliphatic heterocycles. The van der Waals surface area contributed by atoms with Crippen molar-refractivity contribution in [2.45, 2.75) is 23.2 Å². The fraction of sp³-hybridized carbons (Fsp3) is 0.375. The number of hydrogen-bond acceptors (Lipinski definition) is 5. The van der Waals surface area contributed by atoms with E-state index in [9.17, 15) is 8.42 Å². The Hall–Kier alpha value is -1.09. The first-order valence-electron chi connectivity index (χ1n) is 7.64. The van der Waals surface area contributed by atoms with Crippen molar-refractivity contribution >= 4 is 48.7 Å². The summed E-state index contributed by atoms with van der Waals surface area (Å²) in [6.45, 7) is 1.90. The van der Waals surface area contributed by atoms with Gasteiger partial charge >= 0.3 is 0 Å². The van der Waals surface area contributed by atoms with Crippen LogP contribution in [0, 0.1) is 0 Å². The molecule has 1 fully saturated rings. The van der Waals surface area contributed by atoms with Crippen LogP contribution in [0.1, 0.15) is 12.8 Å². The quantitative estimate of drug-likeness (QED) is 0.780. The Morgan fingerprint density at radius 1 is 1.17 bits per heavy atom. The van der Waals surface area contributed by atoms with Gasteiger partial charge < -0.3 is 9.64 Å². The molecule has 0 aliphatic carbocycles. The average molecular weight is 431 g/mol. The van der Waals surface area contributed by atoms with Gasteiger partial charge in [0.2, 0.25) is 0 Å². The summed E-state index contributed by atoms with van der Waals surface area (Å²) in [5.41, 5.74) is 1.67. The van der Waals surface area contributed by atoms with E-state index in [1.165, 1.54) is 11.3 Å². The van der Waals surface area contributed by atoms with Crippen LogP contribution in [0.2, 0.25) is 0 Å². The van der Waals surface area contributed by atoms with Gasteiger partial charge in [0, 0.05) is 31.6 Å². The zero-order valence-corrected chi connectivity index (χ0v) is 16.5. The SMILES string of the molecule is COC1CCN(c2ccc(NS(=O)(=O)c3ccc(Br)s3)cc2)CC1. The molecule has 5 nitrogen and oxygen atoms in total. The molecule has 0 atom stereocenters. The van der Waals surface area contributed by atoms with Gasteiger partial charge in [-0.2, -0.15) is 0 Å². The average Bonchev–Trinajstić information content (AvgIpc) is 3.03. The van der Waals surface area contributed by atoms with E-state index in [1.807, 2.05) is 12.1 Å². The normalized spacial score (nSPS) is 16.3. The van der Waals surface area contributed by atoms with Gasteiger partial charge in [0.15, 0.2) is 0 Å². The van der Waals surface area contributed by atoms with E-state index in [4.69, 9.17) is 4.74 Å². The van der Waals surface area contributed by atoms with Gasteiger partial charge in [-0.25, -0.2) is 8.42 Å². The first-order chi connectivity index (χ1) is 11.5. The smallest absolute Gasteiger partial charge is 0.271 e. The number of halogens is 1. The number of sulfonamides is 1. The van der Waals surface area contributed by atoms with Crippen LogP contribution in [0.4, 0.5) is 11.4 Å². The summed E-state index contributed by atoms with van der Waals surface area (Å²) in [6, 6.07) is 10.8. The van der Waals surface area contributed by atoms with E-state index in [0.29, 0.717) is 16.0 Å². The molecule has 0 spiro atoms. The fourth-order valence-electron chi connectivity index (χ4n) is 2.74. The van der Waals surface area contributed by atoms with E-state index < -0.39 is 10.0 Å². The second-order valence-corrected chi connectivity index (χ2v) is 10.0. The Bertz CT molecular complexity index is 782. The van der Waals surface area contributed by atoms with Crippen molar-refractivity contribution in [3.8, 4) is 0 Å². The first kappa shape index (κ1) is 17.7. The lowest BCUT2D eigenvalue weighted by molar-refractivity contribution is 0.0819. The third-order valence-electron chi connectivity index (χ3n) is 4.07. The van der Waals surface area contributed by atoms with E-state index in [-0.39, 0.29) is 0 Å². The van der Waals surface area contributed by atoms with E-state index in [2.05, 4.69) is 25.6 Å². The molecule has 1 aromatic carbocycles. The molecule has 0 radical (unpaired) electrons. The molecule has 24 heavy (non-hydrogen) atoms. The number of methoxy groups -OCH3 is 1. The van der Waals surface area contributed by atoms with Gasteiger partial charge in [0.25, 0.3) is 10.0 Å². The molecule has 1 N–H and O–H groups in total. The maximum absolute atomic E-state index is 12.3. The number of anilines is 2. The van der Waals surface area contributed by atoms with Crippen molar-refractivity contribution in [1.29, 1.82) is 0 Å². The molecule has 130 valence electrons. The lowest BCUT2D eigenvalue weighted by atomic mass is 10.1. The van der Waals surface area contributed by atoms with Crippen molar-refractivity contribution in [2.24, 2.45) is 0 Å². The standard InChI is InChI=1S/C16H19BrN2O3S2/c1-22-14-8-10-19(11-9-14)13-4-2-12(3-5-13)18-24(20,21)16-7-6-15(17)23-16/h2-7,14,18H,8-11H2,1H3. The largest absolute Gasteiger partial charge is 0.381 e. The molecule has 3 rings (SSSR count). The van der Waals surface area contributed by atoms with Gasteiger partial charge in [-0.3, -0.25) is 4.72 Å².